The van der Waals surface area contributed by atoms with Crippen molar-refractivity contribution in [1.82, 2.24) is 0 Å². The Morgan fingerprint density at radius 3 is 2.40 bits per heavy atom. The summed E-state index contributed by atoms with van der Waals surface area (Å²) in [6.07, 6.45) is -4.99. The molecule has 0 rings (SSSR count). The maximum atomic E-state index is 11.9. The molecule has 0 aromatic rings. The van der Waals surface area contributed by atoms with Gasteiger partial charge in [0.2, 0.25) is 6.36 Å². The Hall–Kier alpha value is -0.0600. The number of aliphatic hydroxyl groups excluding tert-OH is 1. The first-order chi connectivity index (χ1) is 4.57. The summed E-state index contributed by atoms with van der Waals surface area (Å²) >= 11 is 0. The van der Waals surface area contributed by atoms with Gasteiger partial charge < -0.3 is 5.11 Å². The van der Waals surface area contributed by atoms with E-state index in [2.05, 4.69) is 4.52 Å². The second-order valence-corrected chi connectivity index (χ2v) is 2.12. The zero-order chi connectivity index (χ0) is 8.15. The predicted molar refractivity (Wildman–Crippen MR) is 28.1 cm³/mol. The summed E-state index contributed by atoms with van der Waals surface area (Å²) in [5.41, 5.74) is 0. The fraction of sp³-hybridized carbons (Fsp3) is 1.00. The van der Waals surface area contributed by atoms with E-state index in [9.17, 15) is 17.5 Å². The Kier molecular flexibility index (Phi) is 4.68. The van der Waals surface area contributed by atoms with Gasteiger partial charge >= 0.3 is 8.34 Å². The van der Waals surface area contributed by atoms with E-state index in [1.165, 1.54) is 0 Å². The van der Waals surface area contributed by atoms with E-state index in [0.29, 0.717) is 0 Å². The number of hydrogen-bond donors (Lipinski definition) is 1. The molecule has 0 aliphatic rings. The van der Waals surface area contributed by atoms with Crippen molar-refractivity contribution < 1.29 is 27.2 Å². The Balaban J connectivity index is 3.61. The van der Waals surface area contributed by atoms with E-state index in [1.54, 1.807) is 0 Å². The van der Waals surface area contributed by atoms with Crippen LogP contribution in [0.2, 0.25) is 0 Å². The minimum atomic E-state index is -3.96. The van der Waals surface area contributed by atoms with Gasteiger partial charge in [0, 0.05) is 0 Å². The molecule has 1 N–H and O–H groups in total. The highest BCUT2D eigenvalue weighted by atomic mass is 31.2. The molecule has 3 nitrogen and oxygen atoms in total. The maximum absolute atomic E-state index is 11.9. The van der Waals surface area contributed by atoms with Gasteiger partial charge in [-0.05, 0) is 0 Å². The minimum Gasteiger partial charge on any atom is -0.393 e. The summed E-state index contributed by atoms with van der Waals surface area (Å²) in [5, 5.41) is 7.91. The molecular formula is C3H6F3O3P. The van der Waals surface area contributed by atoms with Gasteiger partial charge in [-0.25, -0.2) is 8.78 Å². The molecule has 7 heteroatoms. The van der Waals surface area contributed by atoms with E-state index in [1.807, 2.05) is 0 Å². The molecular weight excluding hydrogens is 172 g/mol. The van der Waals surface area contributed by atoms with Crippen molar-refractivity contribution in [2.45, 2.75) is 12.5 Å². The Labute approximate surface area is 55.8 Å². The van der Waals surface area contributed by atoms with Crippen LogP contribution in [0.5, 0.6) is 0 Å². The fourth-order valence-electron chi connectivity index (χ4n) is 0.245. The van der Waals surface area contributed by atoms with E-state index in [4.69, 9.17) is 5.11 Å². The lowest BCUT2D eigenvalue weighted by atomic mass is 10.4. The largest absolute Gasteiger partial charge is 0.393 e. The smallest absolute Gasteiger partial charge is 0.359 e. The zero-order valence-corrected chi connectivity index (χ0v) is 5.76. The number of aliphatic hydroxyl groups is 1. The van der Waals surface area contributed by atoms with Gasteiger partial charge in [0.25, 0.3) is 0 Å². The Morgan fingerprint density at radius 1 is 1.60 bits per heavy atom. The van der Waals surface area contributed by atoms with Gasteiger partial charge in [0.1, 0.15) is 0 Å². The third-order valence-electron chi connectivity index (χ3n) is 0.664. The van der Waals surface area contributed by atoms with Gasteiger partial charge in [-0.15, -0.1) is 0 Å². The highest BCUT2D eigenvalue weighted by Gasteiger charge is 2.21. The lowest BCUT2D eigenvalue weighted by molar-refractivity contribution is -0.0261. The van der Waals surface area contributed by atoms with E-state index in [0.717, 1.165) is 0 Å². The number of halogens is 3. The van der Waals surface area contributed by atoms with Crippen molar-refractivity contribution in [1.29, 1.82) is 0 Å². The van der Waals surface area contributed by atoms with Crippen molar-refractivity contribution in [3.05, 3.63) is 0 Å². The van der Waals surface area contributed by atoms with Crippen LogP contribution >= 0.6 is 8.34 Å². The van der Waals surface area contributed by atoms with Crippen LogP contribution < -0.4 is 0 Å². The first-order valence-electron chi connectivity index (χ1n) is 2.33. The third kappa shape index (κ3) is 3.87. The second kappa shape index (κ2) is 4.71. The van der Waals surface area contributed by atoms with E-state index in [-0.39, 0.29) is 0 Å². The summed E-state index contributed by atoms with van der Waals surface area (Å²) in [5.74, 6) is 0. The van der Waals surface area contributed by atoms with Crippen molar-refractivity contribution in [2.75, 3.05) is 6.61 Å². The molecule has 0 aliphatic carbocycles. The average molecular weight is 178 g/mol. The maximum Gasteiger partial charge on any atom is 0.359 e. The summed E-state index contributed by atoms with van der Waals surface area (Å²) in [6, 6.07) is 0. The summed E-state index contributed by atoms with van der Waals surface area (Å²) in [4.78, 5) is 0. The van der Waals surface area contributed by atoms with Crippen LogP contribution in [0.4, 0.5) is 13.0 Å². The summed E-state index contributed by atoms with van der Waals surface area (Å²) in [6.45, 7) is -1.13. The van der Waals surface area contributed by atoms with Crippen LogP contribution in [-0.4, -0.2) is 24.2 Å². The molecule has 0 saturated heterocycles. The van der Waals surface area contributed by atoms with Crippen LogP contribution in [0.1, 0.15) is 0 Å². The molecule has 0 saturated carbocycles. The monoisotopic (exact) mass is 178 g/mol. The molecule has 3 unspecified atom stereocenters. The van der Waals surface area contributed by atoms with Crippen molar-refractivity contribution in [3.8, 4) is 0 Å². The quantitative estimate of drug-likeness (QED) is 0.653. The Morgan fingerprint density at radius 2 is 2.10 bits per heavy atom. The van der Waals surface area contributed by atoms with Gasteiger partial charge in [0.15, 0.2) is 6.17 Å². The molecule has 0 amide bonds. The third-order valence-corrected chi connectivity index (χ3v) is 1.07. The highest BCUT2D eigenvalue weighted by molar-refractivity contribution is 7.32. The van der Waals surface area contributed by atoms with Gasteiger partial charge in [-0.2, -0.15) is 4.20 Å². The van der Waals surface area contributed by atoms with Crippen LogP contribution in [0, 0.1) is 0 Å². The van der Waals surface area contributed by atoms with Crippen molar-refractivity contribution in [3.63, 3.8) is 0 Å². The van der Waals surface area contributed by atoms with E-state index < -0.39 is 27.5 Å². The predicted octanol–water partition coefficient (Wildman–Crippen LogP) is 0.988. The highest BCUT2D eigenvalue weighted by Crippen LogP contribution is 2.27. The first-order valence-corrected chi connectivity index (χ1v) is 3.52. The number of rotatable bonds is 4. The second-order valence-electron chi connectivity index (χ2n) is 1.41. The molecule has 0 aliphatic heterocycles. The van der Waals surface area contributed by atoms with Crippen molar-refractivity contribution >= 4 is 8.34 Å². The molecule has 0 fully saturated rings. The molecule has 0 aromatic heterocycles. The van der Waals surface area contributed by atoms with Crippen molar-refractivity contribution in [2.24, 2.45) is 0 Å². The zero-order valence-electron chi connectivity index (χ0n) is 4.76. The number of alkyl halides is 2. The molecule has 0 spiro atoms. The van der Waals surface area contributed by atoms with Crippen LogP contribution in [0.25, 0.3) is 0 Å². The average Bonchev–Trinajstić information content (AvgIpc) is 1.85. The lowest BCUT2D eigenvalue weighted by Crippen LogP contribution is -2.21. The summed E-state index contributed by atoms with van der Waals surface area (Å²) < 4.78 is 47.8. The molecule has 0 aromatic carbocycles. The van der Waals surface area contributed by atoms with Crippen LogP contribution in [0.3, 0.4) is 0 Å². The van der Waals surface area contributed by atoms with Gasteiger partial charge in [0.05, 0.1) is 6.61 Å². The SMILES string of the molecule is O=[PH](F)OC(F)C(F)CO. The summed E-state index contributed by atoms with van der Waals surface area (Å²) in [7, 11) is -3.96. The first kappa shape index (κ1) is 9.94. The molecule has 62 valence electrons. The van der Waals surface area contributed by atoms with Crippen LogP contribution in [-0.2, 0) is 9.09 Å². The molecule has 3 atom stereocenters. The van der Waals surface area contributed by atoms with Crippen LogP contribution in [0.15, 0.2) is 0 Å². The molecule has 10 heavy (non-hydrogen) atoms. The fourth-order valence-corrected chi connectivity index (χ4v) is 0.570. The molecule has 0 heterocycles. The topological polar surface area (TPSA) is 46.5 Å². The van der Waals surface area contributed by atoms with E-state index >= 15 is 0 Å². The number of hydrogen-bond acceptors (Lipinski definition) is 3. The molecule has 0 radical (unpaired) electrons. The Bertz CT molecular complexity index is 122. The minimum absolute atomic E-state index is 1.13. The standard InChI is InChI=1S/C3H6F3O3P/c4-2(1-7)3(5)9-10(6)8/h2-3,7,10H,1H2. The van der Waals surface area contributed by atoms with Gasteiger partial charge in [-0.1, -0.05) is 0 Å². The normalized spacial score (nSPS) is 20.0. The lowest BCUT2D eigenvalue weighted by Gasteiger charge is -2.07. The molecule has 0 bridgehead atoms. The van der Waals surface area contributed by atoms with Gasteiger partial charge in [-0.3, -0.25) is 9.09 Å².